The van der Waals surface area contributed by atoms with Crippen molar-refractivity contribution >= 4 is 11.9 Å². The van der Waals surface area contributed by atoms with Gasteiger partial charge in [-0.15, -0.1) is 0 Å². The van der Waals surface area contributed by atoms with Crippen molar-refractivity contribution < 1.29 is 19.1 Å². The molecule has 1 unspecified atom stereocenters. The monoisotopic (exact) mass is 230 g/mol. The van der Waals surface area contributed by atoms with Crippen LogP contribution in [0.4, 0.5) is 0 Å². The molecule has 94 valence electrons. The maximum absolute atomic E-state index is 11.9. The largest absolute Gasteiger partial charge is 0.468 e. The van der Waals surface area contributed by atoms with E-state index in [-0.39, 0.29) is 0 Å². The van der Waals surface area contributed by atoms with Gasteiger partial charge in [-0.1, -0.05) is 20.8 Å². The van der Waals surface area contributed by atoms with E-state index >= 15 is 0 Å². The van der Waals surface area contributed by atoms with E-state index in [0.29, 0.717) is 0 Å². The molecule has 0 radical (unpaired) electrons. The molecule has 0 saturated heterocycles. The highest BCUT2D eigenvalue weighted by Crippen LogP contribution is 2.29. The van der Waals surface area contributed by atoms with Crippen LogP contribution < -0.4 is 0 Å². The molecule has 0 amide bonds. The summed E-state index contributed by atoms with van der Waals surface area (Å²) in [4.78, 5) is 23.4. The fourth-order valence-corrected chi connectivity index (χ4v) is 1.28. The average Bonchev–Trinajstić information content (AvgIpc) is 1.97. The predicted molar refractivity (Wildman–Crippen MR) is 60.8 cm³/mol. The summed E-state index contributed by atoms with van der Waals surface area (Å²) < 4.78 is 9.84. The highest BCUT2D eigenvalue weighted by Gasteiger charge is 2.41. The molecule has 0 spiro atoms. The van der Waals surface area contributed by atoms with Crippen molar-refractivity contribution in [1.29, 1.82) is 0 Å². The molecule has 0 saturated carbocycles. The van der Waals surface area contributed by atoms with Gasteiger partial charge < -0.3 is 9.47 Å². The van der Waals surface area contributed by atoms with Gasteiger partial charge in [0.15, 0.2) is 5.92 Å². The van der Waals surface area contributed by atoms with Gasteiger partial charge in [-0.2, -0.15) is 0 Å². The van der Waals surface area contributed by atoms with Crippen molar-refractivity contribution in [2.24, 2.45) is 11.3 Å². The number of rotatable bonds is 2. The molecule has 0 aliphatic rings. The van der Waals surface area contributed by atoms with Crippen LogP contribution in [0.1, 0.15) is 41.5 Å². The van der Waals surface area contributed by atoms with Crippen molar-refractivity contribution in [3.05, 3.63) is 0 Å². The first-order chi connectivity index (χ1) is 6.99. The van der Waals surface area contributed by atoms with E-state index in [1.165, 1.54) is 7.11 Å². The van der Waals surface area contributed by atoms with Gasteiger partial charge in [-0.3, -0.25) is 9.59 Å². The number of esters is 2. The Morgan fingerprint density at radius 2 is 1.38 bits per heavy atom. The molecule has 0 N–H and O–H groups in total. The Labute approximate surface area is 97.3 Å². The van der Waals surface area contributed by atoms with Crippen molar-refractivity contribution in [3.8, 4) is 0 Å². The third-order valence-corrected chi connectivity index (χ3v) is 1.95. The average molecular weight is 230 g/mol. The van der Waals surface area contributed by atoms with Crippen LogP contribution in [0.5, 0.6) is 0 Å². The van der Waals surface area contributed by atoms with Crippen LogP contribution in [0, 0.1) is 11.3 Å². The lowest BCUT2D eigenvalue weighted by Crippen LogP contribution is -2.40. The summed E-state index contributed by atoms with van der Waals surface area (Å²) >= 11 is 0. The van der Waals surface area contributed by atoms with Crippen molar-refractivity contribution in [1.82, 2.24) is 0 Å². The predicted octanol–water partition coefficient (Wildman–Crippen LogP) is 2.16. The van der Waals surface area contributed by atoms with Crippen molar-refractivity contribution in [2.45, 2.75) is 47.1 Å². The minimum absolute atomic E-state index is 0.518. The Kier molecular flexibility index (Phi) is 4.53. The Balaban J connectivity index is 4.93. The third kappa shape index (κ3) is 4.64. The van der Waals surface area contributed by atoms with E-state index in [0.717, 1.165) is 0 Å². The number of ether oxygens (including phenoxy) is 2. The molecule has 0 aromatic carbocycles. The summed E-state index contributed by atoms with van der Waals surface area (Å²) in [6, 6.07) is 0. The summed E-state index contributed by atoms with van der Waals surface area (Å²) in [5.74, 6) is -1.98. The normalized spacial score (nSPS) is 14.2. The molecular formula is C12H22O4. The van der Waals surface area contributed by atoms with Crippen molar-refractivity contribution in [3.63, 3.8) is 0 Å². The Hall–Kier alpha value is -1.06. The second-order valence-corrected chi connectivity index (χ2v) is 5.86. The van der Waals surface area contributed by atoms with Gasteiger partial charge >= 0.3 is 11.9 Å². The van der Waals surface area contributed by atoms with Gasteiger partial charge in [0.2, 0.25) is 0 Å². The number of hydrogen-bond donors (Lipinski definition) is 0. The smallest absolute Gasteiger partial charge is 0.321 e. The Morgan fingerprint density at radius 3 is 1.62 bits per heavy atom. The molecule has 16 heavy (non-hydrogen) atoms. The van der Waals surface area contributed by atoms with Gasteiger partial charge in [-0.25, -0.2) is 0 Å². The van der Waals surface area contributed by atoms with Crippen LogP contribution in [-0.2, 0) is 19.1 Å². The summed E-state index contributed by atoms with van der Waals surface area (Å²) in [7, 11) is 1.27. The van der Waals surface area contributed by atoms with E-state index < -0.39 is 28.9 Å². The number of methoxy groups -OCH3 is 1. The lowest BCUT2D eigenvalue weighted by molar-refractivity contribution is -0.173. The van der Waals surface area contributed by atoms with Gasteiger partial charge in [0.05, 0.1) is 7.11 Å². The number of hydrogen-bond acceptors (Lipinski definition) is 4. The molecule has 0 bridgehead atoms. The SMILES string of the molecule is COC(=O)C(C(=O)OC(C)(C)C)C(C)(C)C. The third-order valence-electron chi connectivity index (χ3n) is 1.95. The van der Waals surface area contributed by atoms with Crippen LogP contribution in [0.25, 0.3) is 0 Å². The molecule has 0 aliphatic heterocycles. The number of carbonyl (C=O) groups excluding carboxylic acids is 2. The van der Waals surface area contributed by atoms with Crippen LogP contribution in [0.15, 0.2) is 0 Å². The summed E-state index contributed by atoms with van der Waals surface area (Å²) in [5.41, 5.74) is -1.12. The second kappa shape index (κ2) is 4.85. The molecule has 0 aromatic rings. The first-order valence-corrected chi connectivity index (χ1v) is 5.29. The Morgan fingerprint density at radius 1 is 0.938 bits per heavy atom. The zero-order valence-electron chi connectivity index (χ0n) is 11.2. The fraction of sp³-hybridized carbons (Fsp3) is 0.833. The zero-order valence-corrected chi connectivity index (χ0v) is 11.2. The molecule has 0 fully saturated rings. The molecule has 1 atom stereocenters. The summed E-state index contributed by atoms with van der Waals surface area (Å²) in [6.45, 7) is 10.7. The van der Waals surface area contributed by atoms with E-state index in [1.807, 2.05) is 0 Å². The lowest BCUT2D eigenvalue weighted by atomic mass is 9.80. The maximum atomic E-state index is 11.9. The van der Waals surface area contributed by atoms with E-state index in [4.69, 9.17) is 4.74 Å². The highest BCUT2D eigenvalue weighted by atomic mass is 16.6. The zero-order chi connectivity index (χ0) is 13.1. The molecule has 0 aromatic heterocycles. The van der Waals surface area contributed by atoms with E-state index in [2.05, 4.69) is 4.74 Å². The Bertz CT molecular complexity index is 268. The molecule has 4 heteroatoms. The van der Waals surface area contributed by atoms with Crippen LogP contribution >= 0.6 is 0 Å². The van der Waals surface area contributed by atoms with Crippen LogP contribution in [0.2, 0.25) is 0 Å². The molecule has 4 nitrogen and oxygen atoms in total. The molecule has 0 heterocycles. The van der Waals surface area contributed by atoms with Gasteiger partial charge in [0.1, 0.15) is 5.60 Å². The van der Waals surface area contributed by atoms with E-state index in [9.17, 15) is 9.59 Å². The maximum Gasteiger partial charge on any atom is 0.321 e. The highest BCUT2D eigenvalue weighted by molar-refractivity contribution is 5.95. The minimum atomic E-state index is -0.892. The quantitative estimate of drug-likeness (QED) is 0.539. The van der Waals surface area contributed by atoms with Crippen molar-refractivity contribution in [2.75, 3.05) is 7.11 Å². The summed E-state index contributed by atoms with van der Waals surface area (Å²) in [6.07, 6.45) is 0. The van der Waals surface area contributed by atoms with Gasteiger partial charge in [0, 0.05) is 0 Å². The molecule has 0 aliphatic carbocycles. The lowest BCUT2D eigenvalue weighted by Gasteiger charge is -2.29. The van der Waals surface area contributed by atoms with Crippen LogP contribution in [-0.4, -0.2) is 24.6 Å². The molecule has 0 rings (SSSR count). The number of carbonyl (C=O) groups is 2. The van der Waals surface area contributed by atoms with E-state index in [1.54, 1.807) is 41.5 Å². The standard InChI is InChI=1S/C12H22O4/c1-11(2,3)8(9(13)15-7)10(14)16-12(4,5)6/h8H,1-7H3. The van der Waals surface area contributed by atoms with Gasteiger partial charge in [0.25, 0.3) is 0 Å². The first-order valence-electron chi connectivity index (χ1n) is 5.29. The topological polar surface area (TPSA) is 52.6 Å². The van der Waals surface area contributed by atoms with Gasteiger partial charge in [-0.05, 0) is 26.2 Å². The summed E-state index contributed by atoms with van der Waals surface area (Å²) in [5, 5.41) is 0. The molecular weight excluding hydrogens is 208 g/mol. The first kappa shape index (κ1) is 14.9. The minimum Gasteiger partial charge on any atom is -0.468 e. The second-order valence-electron chi connectivity index (χ2n) is 5.86. The fourth-order valence-electron chi connectivity index (χ4n) is 1.28. The van der Waals surface area contributed by atoms with Crippen LogP contribution in [0.3, 0.4) is 0 Å².